The fourth-order valence-electron chi connectivity index (χ4n) is 1.45. The van der Waals surface area contributed by atoms with Gasteiger partial charge in [0.2, 0.25) is 0 Å². The number of nitrogens with two attached hydrogens (primary N) is 1. The minimum atomic E-state index is 0.568. The molecule has 1 aromatic rings. The Hall–Kier alpha value is -0.390. The molecular weight excluding hydrogens is 277 g/mol. The molecule has 0 atom stereocenters. The predicted octanol–water partition coefficient (Wildman–Crippen LogP) is 2.24. The zero-order valence-corrected chi connectivity index (χ0v) is 9.71. The summed E-state index contributed by atoms with van der Waals surface area (Å²) in [7, 11) is 0. The average Bonchev–Trinajstić information content (AvgIpc) is 1.96. The van der Waals surface area contributed by atoms with Crippen LogP contribution >= 0.6 is 22.6 Å². The Bertz CT molecular complexity index is 311. The molecule has 2 N–H and O–H groups in total. The second-order valence-electron chi connectivity index (χ2n) is 3.49. The summed E-state index contributed by atoms with van der Waals surface area (Å²) in [6.45, 7) is 1.99. The predicted molar refractivity (Wildman–Crippen MR) is 60.5 cm³/mol. The highest BCUT2D eigenvalue weighted by Gasteiger charge is 2.23. The molecule has 0 aromatic carbocycles. The minimum absolute atomic E-state index is 0.568. The SMILES string of the molecule is Cc1nc(C2CCC2)nc(N)c1I. The van der Waals surface area contributed by atoms with Crippen molar-refractivity contribution in [3.8, 4) is 0 Å². The van der Waals surface area contributed by atoms with Crippen molar-refractivity contribution >= 4 is 28.4 Å². The largest absolute Gasteiger partial charge is 0.383 e. The Labute approximate surface area is 91.3 Å². The molecule has 0 unspecified atom stereocenters. The van der Waals surface area contributed by atoms with Crippen molar-refractivity contribution in [1.82, 2.24) is 9.97 Å². The monoisotopic (exact) mass is 289 g/mol. The van der Waals surface area contributed by atoms with E-state index in [0.717, 1.165) is 15.1 Å². The number of nitrogens with zero attached hydrogens (tertiary/aromatic N) is 2. The molecule has 0 saturated heterocycles. The number of aryl methyl sites for hydroxylation is 1. The van der Waals surface area contributed by atoms with Gasteiger partial charge in [-0.25, -0.2) is 9.97 Å². The highest BCUT2D eigenvalue weighted by Crippen LogP contribution is 2.35. The summed E-state index contributed by atoms with van der Waals surface area (Å²) < 4.78 is 0.987. The summed E-state index contributed by atoms with van der Waals surface area (Å²) in [6.07, 6.45) is 3.75. The second-order valence-corrected chi connectivity index (χ2v) is 4.57. The molecule has 1 saturated carbocycles. The van der Waals surface area contributed by atoms with Crippen LogP contribution < -0.4 is 5.73 Å². The standard InChI is InChI=1S/C9H12IN3/c1-5-7(10)8(11)13-9(12-5)6-3-2-4-6/h6H,2-4H2,1H3,(H2,11,12,13). The smallest absolute Gasteiger partial charge is 0.140 e. The van der Waals surface area contributed by atoms with E-state index >= 15 is 0 Å². The van der Waals surface area contributed by atoms with Crippen LogP contribution in [0.2, 0.25) is 0 Å². The van der Waals surface area contributed by atoms with E-state index in [1.54, 1.807) is 0 Å². The van der Waals surface area contributed by atoms with Gasteiger partial charge in [0.15, 0.2) is 0 Å². The van der Waals surface area contributed by atoms with Gasteiger partial charge < -0.3 is 5.73 Å². The molecule has 0 spiro atoms. The minimum Gasteiger partial charge on any atom is -0.383 e. The van der Waals surface area contributed by atoms with Crippen LogP contribution in [0.15, 0.2) is 0 Å². The lowest BCUT2D eigenvalue weighted by molar-refractivity contribution is 0.401. The molecule has 1 heterocycles. The van der Waals surface area contributed by atoms with Crippen LogP contribution in [0.3, 0.4) is 0 Å². The summed E-state index contributed by atoms with van der Waals surface area (Å²) in [5.74, 6) is 2.15. The van der Waals surface area contributed by atoms with Crippen LogP contribution in [0.25, 0.3) is 0 Å². The summed E-state index contributed by atoms with van der Waals surface area (Å²) in [5.41, 5.74) is 6.79. The van der Waals surface area contributed by atoms with Crippen LogP contribution in [0.4, 0.5) is 5.82 Å². The number of rotatable bonds is 1. The van der Waals surface area contributed by atoms with E-state index in [0.29, 0.717) is 11.7 Å². The summed E-state index contributed by atoms with van der Waals surface area (Å²) in [5, 5.41) is 0. The van der Waals surface area contributed by atoms with Crippen molar-refractivity contribution in [3.05, 3.63) is 15.1 Å². The van der Waals surface area contributed by atoms with E-state index in [4.69, 9.17) is 5.73 Å². The molecule has 1 aliphatic carbocycles. The van der Waals surface area contributed by atoms with Crippen LogP contribution in [-0.2, 0) is 0 Å². The summed E-state index contributed by atoms with van der Waals surface area (Å²) >= 11 is 2.19. The zero-order chi connectivity index (χ0) is 9.42. The lowest BCUT2D eigenvalue weighted by Gasteiger charge is -2.24. The first kappa shape index (κ1) is 9.18. The summed E-state index contributed by atoms with van der Waals surface area (Å²) in [4.78, 5) is 8.77. The Morgan fingerprint density at radius 3 is 2.54 bits per heavy atom. The number of nitrogen functional groups attached to an aromatic ring is 1. The van der Waals surface area contributed by atoms with Gasteiger partial charge >= 0.3 is 0 Å². The molecular formula is C9H12IN3. The van der Waals surface area contributed by atoms with Crippen molar-refractivity contribution in [2.24, 2.45) is 0 Å². The van der Waals surface area contributed by atoms with Crippen LogP contribution in [-0.4, -0.2) is 9.97 Å². The molecule has 0 radical (unpaired) electrons. The number of hydrogen-bond donors (Lipinski definition) is 1. The van der Waals surface area contributed by atoms with Crippen molar-refractivity contribution in [2.75, 3.05) is 5.73 Å². The molecule has 1 aromatic heterocycles. The maximum atomic E-state index is 5.78. The highest BCUT2D eigenvalue weighted by molar-refractivity contribution is 14.1. The highest BCUT2D eigenvalue weighted by atomic mass is 127. The fraction of sp³-hybridized carbons (Fsp3) is 0.556. The third-order valence-corrected chi connectivity index (χ3v) is 3.86. The topological polar surface area (TPSA) is 51.8 Å². The molecule has 70 valence electrons. The summed E-state index contributed by atoms with van der Waals surface area (Å²) in [6, 6.07) is 0. The van der Waals surface area contributed by atoms with Gasteiger partial charge in [-0.2, -0.15) is 0 Å². The van der Waals surface area contributed by atoms with Gasteiger partial charge in [-0.3, -0.25) is 0 Å². The first-order valence-electron chi connectivity index (χ1n) is 4.48. The normalized spacial score (nSPS) is 17.1. The van der Waals surface area contributed by atoms with Gasteiger partial charge in [-0.15, -0.1) is 0 Å². The van der Waals surface area contributed by atoms with E-state index in [1.807, 2.05) is 6.92 Å². The van der Waals surface area contributed by atoms with E-state index in [-0.39, 0.29) is 0 Å². The van der Waals surface area contributed by atoms with Gasteiger partial charge in [0.05, 0.1) is 9.26 Å². The Morgan fingerprint density at radius 1 is 1.38 bits per heavy atom. The first-order valence-corrected chi connectivity index (χ1v) is 5.56. The van der Waals surface area contributed by atoms with Gasteiger partial charge in [0.1, 0.15) is 11.6 Å². The van der Waals surface area contributed by atoms with E-state index in [1.165, 1.54) is 19.3 Å². The molecule has 2 rings (SSSR count). The number of hydrogen-bond acceptors (Lipinski definition) is 3. The van der Waals surface area contributed by atoms with Crippen LogP contribution in [0, 0.1) is 10.5 Å². The number of halogens is 1. The van der Waals surface area contributed by atoms with Gasteiger partial charge in [-0.1, -0.05) is 6.42 Å². The number of anilines is 1. The third kappa shape index (κ3) is 1.63. The maximum Gasteiger partial charge on any atom is 0.140 e. The molecule has 1 aliphatic rings. The zero-order valence-electron chi connectivity index (χ0n) is 7.55. The van der Waals surface area contributed by atoms with Crippen molar-refractivity contribution < 1.29 is 0 Å². The molecule has 0 amide bonds. The Kier molecular flexibility index (Phi) is 2.40. The Morgan fingerprint density at radius 2 is 2.08 bits per heavy atom. The van der Waals surface area contributed by atoms with Crippen LogP contribution in [0.1, 0.15) is 36.7 Å². The van der Waals surface area contributed by atoms with Crippen molar-refractivity contribution in [3.63, 3.8) is 0 Å². The average molecular weight is 289 g/mol. The van der Waals surface area contributed by atoms with Gasteiger partial charge in [-0.05, 0) is 42.4 Å². The lowest BCUT2D eigenvalue weighted by Crippen LogP contribution is -2.15. The molecule has 1 fully saturated rings. The molecule has 0 aliphatic heterocycles. The Balaban J connectivity index is 2.37. The second kappa shape index (κ2) is 3.40. The van der Waals surface area contributed by atoms with E-state index in [2.05, 4.69) is 32.6 Å². The molecule has 4 heteroatoms. The quantitative estimate of drug-likeness (QED) is 0.807. The van der Waals surface area contributed by atoms with Gasteiger partial charge in [0.25, 0.3) is 0 Å². The molecule has 3 nitrogen and oxygen atoms in total. The number of aromatic nitrogens is 2. The molecule has 0 bridgehead atoms. The van der Waals surface area contributed by atoms with Gasteiger partial charge in [0, 0.05) is 5.92 Å². The van der Waals surface area contributed by atoms with Crippen molar-refractivity contribution in [2.45, 2.75) is 32.1 Å². The van der Waals surface area contributed by atoms with Crippen molar-refractivity contribution in [1.29, 1.82) is 0 Å². The van der Waals surface area contributed by atoms with E-state index in [9.17, 15) is 0 Å². The van der Waals surface area contributed by atoms with Crippen LogP contribution in [0.5, 0.6) is 0 Å². The molecule has 13 heavy (non-hydrogen) atoms. The fourth-order valence-corrected chi connectivity index (χ4v) is 1.69. The first-order chi connectivity index (χ1) is 6.18. The maximum absolute atomic E-state index is 5.78. The lowest BCUT2D eigenvalue weighted by atomic mass is 9.85. The third-order valence-electron chi connectivity index (χ3n) is 2.53. The van der Waals surface area contributed by atoms with E-state index < -0.39 is 0 Å².